The molecule has 0 spiro atoms. The van der Waals surface area contributed by atoms with E-state index in [1.807, 2.05) is 0 Å². The first-order valence-electron chi connectivity index (χ1n) is 6.09. The van der Waals surface area contributed by atoms with E-state index in [2.05, 4.69) is 39.8 Å². The fraction of sp³-hybridized carbons (Fsp3) is 0.769. The van der Waals surface area contributed by atoms with E-state index in [0.717, 1.165) is 13.0 Å². The molecule has 1 aliphatic rings. The predicted molar refractivity (Wildman–Crippen MR) is 72.1 cm³/mol. The summed E-state index contributed by atoms with van der Waals surface area (Å²) in [5, 5.41) is 0.132. The Balaban J connectivity index is 2.67. The van der Waals surface area contributed by atoms with Crippen LogP contribution < -0.4 is 0 Å². The van der Waals surface area contributed by atoms with E-state index in [0.29, 0.717) is 6.54 Å². The van der Waals surface area contributed by atoms with Gasteiger partial charge in [0.15, 0.2) is 8.32 Å². The van der Waals surface area contributed by atoms with Crippen molar-refractivity contribution in [3.63, 3.8) is 0 Å². The van der Waals surface area contributed by atoms with Crippen LogP contribution in [0.4, 0.5) is 0 Å². The molecule has 17 heavy (non-hydrogen) atoms. The van der Waals surface area contributed by atoms with E-state index in [4.69, 9.17) is 10.8 Å². The zero-order valence-electron chi connectivity index (χ0n) is 11.5. The second-order valence-corrected chi connectivity index (χ2v) is 10.9. The highest BCUT2D eigenvalue weighted by molar-refractivity contribution is 6.74. The van der Waals surface area contributed by atoms with Crippen molar-refractivity contribution in [2.24, 2.45) is 0 Å². The van der Waals surface area contributed by atoms with E-state index < -0.39 is 8.32 Å². The summed E-state index contributed by atoms with van der Waals surface area (Å²) < 4.78 is 6.13. The number of terminal acetylenes is 1. The van der Waals surface area contributed by atoms with E-state index in [-0.39, 0.29) is 17.0 Å². The van der Waals surface area contributed by atoms with Crippen molar-refractivity contribution in [1.82, 2.24) is 4.90 Å². The minimum Gasteiger partial charge on any atom is -0.405 e. The van der Waals surface area contributed by atoms with Gasteiger partial charge in [-0.25, -0.2) is 0 Å². The Hall–Kier alpha value is -0.793. The van der Waals surface area contributed by atoms with Crippen molar-refractivity contribution in [2.75, 3.05) is 13.1 Å². The molecule has 0 radical (unpaired) electrons. The lowest BCUT2D eigenvalue weighted by atomic mass is 10.2. The van der Waals surface area contributed by atoms with Gasteiger partial charge in [-0.15, -0.1) is 6.42 Å². The van der Waals surface area contributed by atoms with Crippen molar-refractivity contribution < 1.29 is 9.22 Å². The molecule has 4 heteroatoms. The summed E-state index contributed by atoms with van der Waals surface area (Å²) in [6.07, 6.45) is 5.73. The number of rotatable bonds is 3. The molecule has 1 rings (SSSR count). The Morgan fingerprint density at radius 1 is 1.53 bits per heavy atom. The van der Waals surface area contributed by atoms with Crippen molar-refractivity contribution in [3.05, 3.63) is 0 Å². The third-order valence-electron chi connectivity index (χ3n) is 3.77. The molecule has 0 saturated carbocycles. The second kappa shape index (κ2) is 4.83. The summed E-state index contributed by atoms with van der Waals surface area (Å²) in [4.78, 5) is 13.7. The van der Waals surface area contributed by atoms with Crippen LogP contribution in [-0.2, 0) is 9.22 Å². The van der Waals surface area contributed by atoms with Gasteiger partial charge in [0.05, 0.1) is 6.54 Å². The molecule has 96 valence electrons. The van der Waals surface area contributed by atoms with Gasteiger partial charge in [-0.1, -0.05) is 26.7 Å². The van der Waals surface area contributed by atoms with Crippen molar-refractivity contribution in [1.29, 1.82) is 0 Å². The molecule has 0 aromatic carbocycles. The number of amides is 1. The molecular weight excluding hydrogens is 230 g/mol. The van der Waals surface area contributed by atoms with Crippen molar-refractivity contribution in [3.8, 4) is 12.3 Å². The maximum atomic E-state index is 12.0. The standard InChI is InChI=1S/C13H23NO2Si/c1-7-9-14-10-8-11(12(14)15)16-17(5,6)13(2,3)4/h1,11H,8-10H2,2-6H3/t11-/m1/s1. The van der Waals surface area contributed by atoms with Crippen LogP contribution in [0, 0.1) is 12.3 Å². The van der Waals surface area contributed by atoms with E-state index in [1.165, 1.54) is 0 Å². The third-order valence-corrected chi connectivity index (χ3v) is 8.26. The van der Waals surface area contributed by atoms with Gasteiger partial charge in [0.25, 0.3) is 5.91 Å². The van der Waals surface area contributed by atoms with Gasteiger partial charge < -0.3 is 9.33 Å². The van der Waals surface area contributed by atoms with Crippen LogP contribution in [0.2, 0.25) is 18.1 Å². The van der Waals surface area contributed by atoms with Gasteiger partial charge in [0, 0.05) is 6.54 Å². The number of nitrogens with zero attached hydrogens (tertiary/aromatic N) is 1. The Morgan fingerprint density at radius 2 is 2.12 bits per heavy atom. The second-order valence-electron chi connectivity index (χ2n) is 6.12. The van der Waals surface area contributed by atoms with Crippen molar-refractivity contribution >= 4 is 14.2 Å². The van der Waals surface area contributed by atoms with E-state index in [9.17, 15) is 4.79 Å². The molecule has 0 bridgehead atoms. The maximum absolute atomic E-state index is 12.0. The smallest absolute Gasteiger partial charge is 0.251 e. The zero-order valence-corrected chi connectivity index (χ0v) is 12.5. The molecule has 0 unspecified atom stereocenters. The Morgan fingerprint density at radius 3 is 2.59 bits per heavy atom. The normalized spacial score (nSPS) is 21.8. The van der Waals surface area contributed by atoms with Gasteiger partial charge >= 0.3 is 0 Å². The molecule has 1 atom stereocenters. The number of hydrogen-bond donors (Lipinski definition) is 0. The zero-order chi connectivity index (χ0) is 13.3. The fourth-order valence-electron chi connectivity index (χ4n) is 1.62. The average molecular weight is 253 g/mol. The van der Waals surface area contributed by atoms with Crippen LogP contribution in [0.1, 0.15) is 27.2 Å². The molecule has 1 fully saturated rings. The number of likely N-dealkylation sites (tertiary alicyclic amines) is 1. The van der Waals surface area contributed by atoms with Crippen molar-refractivity contribution in [2.45, 2.75) is 51.4 Å². The summed E-state index contributed by atoms with van der Waals surface area (Å²) in [6, 6.07) is 0. The molecule has 0 aliphatic carbocycles. The topological polar surface area (TPSA) is 29.5 Å². The molecule has 0 N–H and O–H groups in total. The van der Waals surface area contributed by atoms with Crippen LogP contribution in [0.25, 0.3) is 0 Å². The Bertz CT molecular complexity index is 338. The van der Waals surface area contributed by atoms with Crippen LogP contribution in [0.3, 0.4) is 0 Å². The summed E-state index contributed by atoms with van der Waals surface area (Å²) in [6.45, 7) is 12.0. The van der Waals surface area contributed by atoms with Gasteiger partial charge in [0.1, 0.15) is 6.10 Å². The predicted octanol–water partition coefficient (Wildman–Crippen LogP) is 2.24. The summed E-state index contributed by atoms with van der Waals surface area (Å²) in [7, 11) is -1.86. The molecule has 1 heterocycles. The molecular formula is C13H23NO2Si. The lowest BCUT2D eigenvalue weighted by molar-refractivity contribution is -0.133. The molecule has 1 amide bonds. The lowest BCUT2D eigenvalue weighted by Crippen LogP contribution is -2.46. The molecule has 0 aromatic heterocycles. The SMILES string of the molecule is C#CCN1CC[C@@H](O[Si](C)(C)C(C)(C)C)C1=O. The Kier molecular flexibility index (Phi) is 4.05. The molecule has 1 aliphatic heterocycles. The first-order chi connectivity index (χ1) is 7.69. The Labute approximate surface area is 106 Å². The maximum Gasteiger partial charge on any atom is 0.251 e. The molecule has 0 aromatic rings. The number of carbonyl (C=O) groups is 1. The quantitative estimate of drug-likeness (QED) is 0.570. The molecule has 1 saturated heterocycles. The fourth-order valence-corrected chi connectivity index (χ4v) is 2.90. The van der Waals surface area contributed by atoms with Gasteiger partial charge in [0.2, 0.25) is 0 Å². The minimum absolute atomic E-state index is 0.0628. The van der Waals surface area contributed by atoms with Gasteiger partial charge in [-0.05, 0) is 24.6 Å². The van der Waals surface area contributed by atoms with E-state index >= 15 is 0 Å². The summed E-state index contributed by atoms with van der Waals surface area (Å²) >= 11 is 0. The van der Waals surface area contributed by atoms with Crippen LogP contribution in [-0.4, -0.2) is 38.3 Å². The first-order valence-corrected chi connectivity index (χ1v) is 9.00. The van der Waals surface area contributed by atoms with Gasteiger partial charge in [-0.3, -0.25) is 4.79 Å². The minimum atomic E-state index is -1.86. The van der Waals surface area contributed by atoms with Crippen LogP contribution in [0.15, 0.2) is 0 Å². The highest BCUT2D eigenvalue weighted by atomic mass is 28.4. The van der Waals surface area contributed by atoms with Crippen LogP contribution >= 0.6 is 0 Å². The highest BCUT2D eigenvalue weighted by Gasteiger charge is 2.43. The van der Waals surface area contributed by atoms with Crippen LogP contribution in [0.5, 0.6) is 0 Å². The highest BCUT2D eigenvalue weighted by Crippen LogP contribution is 2.38. The first kappa shape index (κ1) is 14.3. The monoisotopic (exact) mass is 253 g/mol. The average Bonchev–Trinajstić information content (AvgIpc) is 2.48. The third kappa shape index (κ3) is 3.11. The molecule has 3 nitrogen and oxygen atoms in total. The largest absolute Gasteiger partial charge is 0.405 e. The summed E-state index contributed by atoms with van der Waals surface area (Å²) in [5.74, 6) is 2.58. The number of hydrogen-bond acceptors (Lipinski definition) is 2. The lowest BCUT2D eigenvalue weighted by Gasteiger charge is -2.37. The number of carbonyl (C=O) groups excluding carboxylic acids is 1. The van der Waals surface area contributed by atoms with Gasteiger partial charge in [-0.2, -0.15) is 0 Å². The van der Waals surface area contributed by atoms with E-state index in [1.54, 1.807) is 4.90 Å². The summed E-state index contributed by atoms with van der Waals surface area (Å²) in [5.41, 5.74) is 0.